The SMILES string of the molecule is CCN(c1ncc(C(F)(F)F)c(OCC(F)(F)F)n1)c1ccccc1OC. The molecule has 0 fully saturated rings. The van der Waals surface area contributed by atoms with Crippen molar-refractivity contribution in [3.05, 3.63) is 36.0 Å². The molecule has 0 bridgehead atoms. The Bertz CT molecular complexity index is 779. The zero-order chi connectivity index (χ0) is 20.2. The van der Waals surface area contributed by atoms with E-state index in [-0.39, 0.29) is 12.5 Å². The highest BCUT2D eigenvalue weighted by Crippen LogP contribution is 2.38. The Morgan fingerprint density at radius 2 is 1.74 bits per heavy atom. The number of nitrogens with zero attached hydrogens (tertiary/aromatic N) is 3. The summed E-state index contributed by atoms with van der Waals surface area (Å²) in [6.45, 7) is -0.0263. The molecule has 0 aliphatic heterocycles. The second-order valence-electron chi connectivity index (χ2n) is 5.21. The third kappa shape index (κ3) is 5.14. The molecular weight excluding hydrogens is 380 g/mol. The summed E-state index contributed by atoms with van der Waals surface area (Å²) in [4.78, 5) is 8.62. The Morgan fingerprint density at radius 1 is 1.07 bits per heavy atom. The molecule has 2 aromatic rings. The topological polar surface area (TPSA) is 47.5 Å². The summed E-state index contributed by atoms with van der Waals surface area (Å²) < 4.78 is 85.8. The fraction of sp³-hybridized carbons (Fsp3) is 0.375. The molecule has 0 unspecified atom stereocenters. The largest absolute Gasteiger partial charge is 0.495 e. The van der Waals surface area contributed by atoms with Gasteiger partial charge in [0.05, 0.1) is 12.8 Å². The molecule has 0 spiro atoms. The van der Waals surface area contributed by atoms with Crippen LogP contribution in [-0.4, -0.2) is 36.4 Å². The minimum absolute atomic E-state index is 0.213. The van der Waals surface area contributed by atoms with E-state index in [4.69, 9.17) is 4.74 Å². The molecule has 11 heteroatoms. The van der Waals surface area contributed by atoms with Gasteiger partial charge in [-0.15, -0.1) is 0 Å². The van der Waals surface area contributed by atoms with E-state index in [1.54, 1.807) is 31.2 Å². The third-order valence-corrected chi connectivity index (χ3v) is 3.35. The van der Waals surface area contributed by atoms with Gasteiger partial charge in [-0.25, -0.2) is 4.98 Å². The zero-order valence-electron chi connectivity index (χ0n) is 14.2. The first-order valence-corrected chi connectivity index (χ1v) is 7.61. The lowest BCUT2D eigenvalue weighted by molar-refractivity contribution is -0.159. The van der Waals surface area contributed by atoms with Crippen molar-refractivity contribution in [2.75, 3.05) is 25.2 Å². The van der Waals surface area contributed by atoms with Gasteiger partial charge in [0.2, 0.25) is 11.8 Å². The fourth-order valence-corrected chi connectivity index (χ4v) is 2.21. The van der Waals surface area contributed by atoms with Crippen LogP contribution in [0, 0.1) is 0 Å². The zero-order valence-corrected chi connectivity index (χ0v) is 14.2. The normalized spacial score (nSPS) is 12.0. The van der Waals surface area contributed by atoms with Gasteiger partial charge in [-0.05, 0) is 19.1 Å². The molecule has 2 rings (SSSR count). The maximum absolute atomic E-state index is 13.0. The number of benzene rings is 1. The quantitative estimate of drug-likeness (QED) is 0.669. The lowest BCUT2D eigenvalue weighted by Crippen LogP contribution is -2.24. The first kappa shape index (κ1) is 20.6. The number of anilines is 2. The molecule has 0 aliphatic carbocycles. The summed E-state index contributed by atoms with van der Waals surface area (Å²) in [6, 6.07) is 6.57. The van der Waals surface area contributed by atoms with E-state index in [1.165, 1.54) is 12.0 Å². The molecular formula is C16H15F6N3O2. The molecule has 0 amide bonds. The molecule has 1 aromatic carbocycles. The van der Waals surface area contributed by atoms with Gasteiger partial charge in [-0.1, -0.05) is 12.1 Å². The number of halogens is 6. The molecule has 148 valence electrons. The highest BCUT2D eigenvalue weighted by molar-refractivity contribution is 5.65. The standard InChI is InChI=1S/C16H15F6N3O2/c1-3-25(11-6-4-5-7-12(11)26-2)14-23-8-10(16(20,21)22)13(24-14)27-9-15(17,18)19/h4-8H,3,9H2,1-2H3. The van der Waals surface area contributed by atoms with E-state index in [1.807, 2.05) is 0 Å². The number of aromatic nitrogens is 2. The Kier molecular flexibility index (Phi) is 6.01. The van der Waals surface area contributed by atoms with E-state index >= 15 is 0 Å². The van der Waals surface area contributed by atoms with Gasteiger partial charge in [-0.2, -0.15) is 31.3 Å². The molecule has 1 aromatic heterocycles. The lowest BCUT2D eigenvalue weighted by Gasteiger charge is -2.24. The van der Waals surface area contributed by atoms with Crippen LogP contribution in [0.15, 0.2) is 30.5 Å². The Balaban J connectivity index is 2.49. The average Bonchev–Trinajstić information content (AvgIpc) is 2.59. The van der Waals surface area contributed by atoms with E-state index in [0.29, 0.717) is 17.6 Å². The third-order valence-electron chi connectivity index (χ3n) is 3.35. The molecule has 0 saturated carbocycles. The van der Waals surface area contributed by atoms with Crippen molar-refractivity contribution in [3.8, 4) is 11.6 Å². The van der Waals surface area contributed by atoms with Crippen LogP contribution < -0.4 is 14.4 Å². The number of hydrogen-bond acceptors (Lipinski definition) is 5. The Labute approximate surface area is 150 Å². The van der Waals surface area contributed by atoms with Crippen molar-refractivity contribution in [1.82, 2.24) is 9.97 Å². The Morgan fingerprint density at radius 3 is 2.30 bits per heavy atom. The van der Waals surface area contributed by atoms with Crippen molar-refractivity contribution >= 4 is 11.6 Å². The van der Waals surface area contributed by atoms with Gasteiger partial charge < -0.3 is 14.4 Å². The number of methoxy groups -OCH3 is 1. The average molecular weight is 395 g/mol. The van der Waals surface area contributed by atoms with Crippen LogP contribution >= 0.6 is 0 Å². The molecule has 0 N–H and O–H groups in total. The van der Waals surface area contributed by atoms with E-state index in [0.717, 1.165) is 0 Å². The van der Waals surface area contributed by atoms with Crippen LogP contribution in [0.2, 0.25) is 0 Å². The molecule has 0 radical (unpaired) electrons. The van der Waals surface area contributed by atoms with Gasteiger partial charge in [0.15, 0.2) is 6.61 Å². The maximum atomic E-state index is 13.0. The lowest BCUT2D eigenvalue weighted by atomic mass is 10.2. The first-order chi connectivity index (χ1) is 12.6. The summed E-state index contributed by atoms with van der Waals surface area (Å²) in [7, 11) is 1.40. The van der Waals surface area contributed by atoms with Crippen LogP contribution in [-0.2, 0) is 6.18 Å². The number of alkyl halides is 6. The predicted molar refractivity (Wildman–Crippen MR) is 84.3 cm³/mol. The predicted octanol–water partition coefficient (Wildman–Crippen LogP) is 4.60. The molecule has 0 saturated heterocycles. The molecule has 1 heterocycles. The van der Waals surface area contributed by atoms with Crippen molar-refractivity contribution in [2.45, 2.75) is 19.3 Å². The summed E-state index contributed by atoms with van der Waals surface area (Å²) in [5, 5.41) is 0. The smallest absolute Gasteiger partial charge is 0.423 e. The van der Waals surface area contributed by atoms with E-state index in [9.17, 15) is 26.3 Å². The maximum Gasteiger partial charge on any atom is 0.423 e. The fourth-order valence-electron chi connectivity index (χ4n) is 2.21. The Hall–Kier alpha value is -2.72. The monoisotopic (exact) mass is 395 g/mol. The number of hydrogen-bond donors (Lipinski definition) is 0. The van der Waals surface area contributed by atoms with Gasteiger partial charge in [0.1, 0.15) is 11.3 Å². The summed E-state index contributed by atoms with van der Waals surface area (Å²) in [5.74, 6) is -1.06. The number of ether oxygens (including phenoxy) is 2. The summed E-state index contributed by atoms with van der Waals surface area (Å²) in [6.07, 6.45) is -9.39. The second kappa shape index (κ2) is 7.89. The van der Waals surface area contributed by atoms with Gasteiger partial charge in [0, 0.05) is 12.7 Å². The highest BCUT2D eigenvalue weighted by atomic mass is 19.4. The van der Waals surface area contributed by atoms with E-state index < -0.39 is 30.4 Å². The molecule has 27 heavy (non-hydrogen) atoms. The van der Waals surface area contributed by atoms with Gasteiger partial charge >= 0.3 is 12.4 Å². The van der Waals surface area contributed by atoms with Gasteiger partial charge in [-0.3, -0.25) is 0 Å². The van der Waals surface area contributed by atoms with Gasteiger partial charge in [0.25, 0.3) is 0 Å². The van der Waals surface area contributed by atoms with Crippen LogP contribution in [0.4, 0.5) is 38.0 Å². The number of rotatable bonds is 6. The van der Waals surface area contributed by atoms with Crippen molar-refractivity contribution in [3.63, 3.8) is 0 Å². The highest BCUT2D eigenvalue weighted by Gasteiger charge is 2.38. The van der Waals surface area contributed by atoms with Crippen molar-refractivity contribution in [2.24, 2.45) is 0 Å². The molecule has 0 aliphatic rings. The van der Waals surface area contributed by atoms with Crippen LogP contribution in [0.25, 0.3) is 0 Å². The van der Waals surface area contributed by atoms with Crippen molar-refractivity contribution < 1.29 is 35.8 Å². The van der Waals surface area contributed by atoms with Crippen LogP contribution in [0.3, 0.4) is 0 Å². The van der Waals surface area contributed by atoms with Crippen LogP contribution in [0.5, 0.6) is 11.6 Å². The summed E-state index contributed by atoms with van der Waals surface area (Å²) in [5.41, 5.74) is -1.06. The minimum atomic E-state index is -4.97. The van der Waals surface area contributed by atoms with E-state index in [2.05, 4.69) is 14.7 Å². The second-order valence-corrected chi connectivity index (χ2v) is 5.21. The van der Waals surface area contributed by atoms with Crippen LogP contribution in [0.1, 0.15) is 12.5 Å². The van der Waals surface area contributed by atoms with Crippen molar-refractivity contribution in [1.29, 1.82) is 0 Å². The number of para-hydroxylation sites is 2. The molecule has 5 nitrogen and oxygen atoms in total. The summed E-state index contributed by atoms with van der Waals surface area (Å²) >= 11 is 0. The molecule has 0 atom stereocenters. The minimum Gasteiger partial charge on any atom is -0.495 e. The first-order valence-electron chi connectivity index (χ1n) is 7.61.